The van der Waals surface area contributed by atoms with Crippen LogP contribution in [0.25, 0.3) is 0 Å². The van der Waals surface area contributed by atoms with Crippen LogP contribution in [-0.4, -0.2) is 43.0 Å². The molecule has 0 aliphatic heterocycles. The van der Waals surface area contributed by atoms with Gasteiger partial charge in [0.15, 0.2) is 0 Å². The SMILES string of the molecule is CCOc1ccc(NC(=O)C(C)N(C)CC(=O)Nc2c(C)cc(C)cc2C)cc1. The number of hydrogen-bond acceptors (Lipinski definition) is 4. The topological polar surface area (TPSA) is 70.7 Å². The van der Waals surface area contributed by atoms with Gasteiger partial charge in [-0.3, -0.25) is 14.5 Å². The number of ether oxygens (including phenoxy) is 1. The summed E-state index contributed by atoms with van der Waals surface area (Å²) in [5, 5.41) is 5.84. The number of likely N-dealkylation sites (N-methyl/N-ethyl adjacent to an activating group) is 1. The molecule has 156 valence electrons. The Morgan fingerprint density at radius 3 is 2.17 bits per heavy atom. The lowest BCUT2D eigenvalue weighted by Gasteiger charge is -2.24. The van der Waals surface area contributed by atoms with Gasteiger partial charge in [-0.2, -0.15) is 0 Å². The van der Waals surface area contributed by atoms with Crippen molar-refractivity contribution < 1.29 is 14.3 Å². The van der Waals surface area contributed by atoms with E-state index in [2.05, 4.69) is 10.6 Å². The highest BCUT2D eigenvalue weighted by molar-refractivity contribution is 5.96. The van der Waals surface area contributed by atoms with Crippen molar-refractivity contribution in [2.45, 2.75) is 40.7 Å². The Hall–Kier alpha value is -2.86. The average Bonchev–Trinajstić information content (AvgIpc) is 2.65. The molecule has 2 aromatic carbocycles. The standard InChI is InChI=1S/C23H31N3O3/c1-7-29-20-10-8-19(9-11-20)24-23(28)18(5)26(6)14-21(27)25-22-16(3)12-15(2)13-17(22)4/h8-13,18H,7,14H2,1-6H3,(H,24,28)(H,25,27). The minimum absolute atomic E-state index is 0.116. The van der Waals surface area contributed by atoms with E-state index in [-0.39, 0.29) is 18.4 Å². The molecule has 0 fully saturated rings. The fourth-order valence-electron chi connectivity index (χ4n) is 3.17. The first-order valence-corrected chi connectivity index (χ1v) is 9.83. The molecular weight excluding hydrogens is 366 g/mol. The maximum atomic E-state index is 12.5. The molecule has 29 heavy (non-hydrogen) atoms. The maximum absolute atomic E-state index is 12.5. The van der Waals surface area contributed by atoms with E-state index in [9.17, 15) is 9.59 Å². The molecule has 0 aliphatic carbocycles. The summed E-state index contributed by atoms with van der Waals surface area (Å²) in [6, 6.07) is 10.8. The van der Waals surface area contributed by atoms with Gasteiger partial charge in [0.05, 0.1) is 19.2 Å². The van der Waals surface area contributed by atoms with Crippen molar-refractivity contribution in [2.75, 3.05) is 30.8 Å². The molecule has 2 rings (SSSR count). The third-order valence-corrected chi connectivity index (χ3v) is 4.81. The Kier molecular flexibility index (Phi) is 7.79. The van der Waals surface area contributed by atoms with Crippen molar-refractivity contribution >= 4 is 23.2 Å². The van der Waals surface area contributed by atoms with Crippen molar-refractivity contribution in [3.05, 3.63) is 53.1 Å². The molecule has 0 aromatic heterocycles. The normalized spacial score (nSPS) is 11.8. The fraction of sp³-hybridized carbons (Fsp3) is 0.391. The number of aryl methyl sites for hydroxylation is 3. The average molecular weight is 398 g/mol. The van der Waals surface area contributed by atoms with E-state index in [0.29, 0.717) is 12.3 Å². The number of nitrogens with zero attached hydrogens (tertiary/aromatic N) is 1. The van der Waals surface area contributed by atoms with Gasteiger partial charge in [-0.05, 0) is 77.1 Å². The monoisotopic (exact) mass is 397 g/mol. The van der Waals surface area contributed by atoms with Gasteiger partial charge in [-0.15, -0.1) is 0 Å². The number of hydrogen-bond donors (Lipinski definition) is 2. The van der Waals surface area contributed by atoms with E-state index < -0.39 is 6.04 Å². The summed E-state index contributed by atoms with van der Waals surface area (Å²) < 4.78 is 5.40. The number of benzene rings is 2. The fourth-order valence-corrected chi connectivity index (χ4v) is 3.17. The smallest absolute Gasteiger partial charge is 0.241 e. The van der Waals surface area contributed by atoms with Crippen LogP contribution >= 0.6 is 0 Å². The second-order valence-corrected chi connectivity index (χ2v) is 7.36. The molecule has 0 saturated carbocycles. The van der Waals surface area contributed by atoms with E-state index in [4.69, 9.17) is 4.74 Å². The summed E-state index contributed by atoms with van der Waals surface area (Å²) in [4.78, 5) is 26.8. The molecule has 0 bridgehead atoms. The number of nitrogens with one attached hydrogen (secondary N) is 2. The zero-order valence-electron chi connectivity index (χ0n) is 18.1. The van der Waals surface area contributed by atoms with Gasteiger partial charge in [0.2, 0.25) is 11.8 Å². The van der Waals surface area contributed by atoms with Crippen LogP contribution in [0.3, 0.4) is 0 Å². The van der Waals surface area contributed by atoms with Gasteiger partial charge in [-0.25, -0.2) is 0 Å². The van der Waals surface area contributed by atoms with Gasteiger partial charge < -0.3 is 15.4 Å². The minimum atomic E-state index is -0.465. The van der Waals surface area contributed by atoms with Crippen LogP contribution in [0, 0.1) is 20.8 Å². The lowest BCUT2D eigenvalue weighted by Crippen LogP contribution is -2.43. The van der Waals surface area contributed by atoms with Crippen LogP contribution in [-0.2, 0) is 9.59 Å². The second-order valence-electron chi connectivity index (χ2n) is 7.36. The van der Waals surface area contributed by atoms with Crippen molar-refractivity contribution in [3.8, 4) is 5.75 Å². The zero-order chi connectivity index (χ0) is 21.6. The Morgan fingerprint density at radius 1 is 1.03 bits per heavy atom. The first-order valence-electron chi connectivity index (χ1n) is 9.83. The first kappa shape index (κ1) is 22.4. The van der Waals surface area contributed by atoms with E-state index in [1.807, 2.05) is 52.0 Å². The van der Waals surface area contributed by atoms with Gasteiger partial charge >= 0.3 is 0 Å². The lowest BCUT2D eigenvalue weighted by molar-refractivity contribution is -0.122. The summed E-state index contributed by atoms with van der Waals surface area (Å²) in [5.41, 5.74) is 4.74. The molecule has 0 aliphatic rings. The molecule has 0 radical (unpaired) electrons. The Morgan fingerprint density at radius 2 is 1.62 bits per heavy atom. The quantitative estimate of drug-likeness (QED) is 0.709. The highest BCUT2D eigenvalue weighted by atomic mass is 16.5. The largest absolute Gasteiger partial charge is 0.494 e. The number of carbonyl (C=O) groups is 2. The van der Waals surface area contributed by atoms with Crippen LogP contribution < -0.4 is 15.4 Å². The van der Waals surface area contributed by atoms with Crippen LogP contribution in [0.4, 0.5) is 11.4 Å². The third kappa shape index (κ3) is 6.32. The summed E-state index contributed by atoms with van der Waals surface area (Å²) in [5.74, 6) is 0.435. The molecule has 0 heterocycles. The van der Waals surface area contributed by atoms with Crippen molar-refractivity contribution in [3.63, 3.8) is 0 Å². The summed E-state index contributed by atoms with van der Waals surface area (Å²) in [6.45, 7) is 10.4. The van der Waals surface area contributed by atoms with Gasteiger partial charge in [0.1, 0.15) is 5.75 Å². The molecule has 6 heteroatoms. The molecule has 2 N–H and O–H groups in total. The number of rotatable bonds is 8. The van der Waals surface area contributed by atoms with Crippen LogP contribution in [0.15, 0.2) is 36.4 Å². The Labute approximate surface area is 173 Å². The molecular formula is C23H31N3O3. The molecule has 2 amide bonds. The van der Waals surface area contributed by atoms with E-state index in [1.54, 1.807) is 31.0 Å². The number of anilines is 2. The molecule has 1 unspecified atom stereocenters. The Bertz CT molecular complexity index is 839. The van der Waals surface area contributed by atoms with Crippen molar-refractivity contribution in [2.24, 2.45) is 0 Å². The summed E-state index contributed by atoms with van der Waals surface area (Å²) in [7, 11) is 1.76. The first-order chi connectivity index (χ1) is 13.7. The molecule has 0 spiro atoms. The number of carbonyl (C=O) groups excluding carboxylic acids is 2. The third-order valence-electron chi connectivity index (χ3n) is 4.81. The van der Waals surface area contributed by atoms with E-state index in [0.717, 1.165) is 28.1 Å². The van der Waals surface area contributed by atoms with Crippen molar-refractivity contribution in [1.29, 1.82) is 0 Å². The molecule has 6 nitrogen and oxygen atoms in total. The van der Waals surface area contributed by atoms with Gasteiger partial charge in [-0.1, -0.05) is 17.7 Å². The second kappa shape index (κ2) is 10.1. The van der Waals surface area contributed by atoms with Crippen LogP contribution in [0.5, 0.6) is 5.75 Å². The molecule has 0 saturated heterocycles. The predicted molar refractivity (Wildman–Crippen MR) is 118 cm³/mol. The highest BCUT2D eigenvalue weighted by Crippen LogP contribution is 2.22. The van der Waals surface area contributed by atoms with E-state index in [1.165, 1.54) is 0 Å². The number of amides is 2. The predicted octanol–water partition coefficient (Wildman–Crippen LogP) is 3.91. The van der Waals surface area contributed by atoms with Crippen LogP contribution in [0.2, 0.25) is 0 Å². The lowest BCUT2D eigenvalue weighted by atomic mass is 10.1. The maximum Gasteiger partial charge on any atom is 0.241 e. The minimum Gasteiger partial charge on any atom is -0.494 e. The van der Waals surface area contributed by atoms with Crippen molar-refractivity contribution in [1.82, 2.24) is 4.90 Å². The van der Waals surface area contributed by atoms with Gasteiger partial charge in [0, 0.05) is 11.4 Å². The molecule has 1 atom stereocenters. The molecule has 2 aromatic rings. The summed E-state index contributed by atoms with van der Waals surface area (Å²) in [6.07, 6.45) is 0. The Balaban J connectivity index is 1.92. The summed E-state index contributed by atoms with van der Waals surface area (Å²) >= 11 is 0. The van der Waals surface area contributed by atoms with Crippen LogP contribution in [0.1, 0.15) is 30.5 Å². The zero-order valence-corrected chi connectivity index (χ0v) is 18.1. The highest BCUT2D eigenvalue weighted by Gasteiger charge is 2.21. The van der Waals surface area contributed by atoms with E-state index >= 15 is 0 Å². The van der Waals surface area contributed by atoms with Gasteiger partial charge in [0.25, 0.3) is 0 Å².